The maximum Gasteiger partial charge on any atom is 0.172 e. The summed E-state index contributed by atoms with van der Waals surface area (Å²) in [7, 11) is 1.66. The fourth-order valence-corrected chi connectivity index (χ4v) is 2.42. The Balaban J connectivity index is 2.23. The van der Waals surface area contributed by atoms with Crippen molar-refractivity contribution >= 4 is 17.1 Å². The van der Waals surface area contributed by atoms with Crippen molar-refractivity contribution in [3.05, 3.63) is 22.4 Å². The van der Waals surface area contributed by atoms with Gasteiger partial charge in [0.25, 0.3) is 0 Å². The van der Waals surface area contributed by atoms with Gasteiger partial charge in [0, 0.05) is 26.6 Å². The van der Waals surface area contributed by atoms with Gasteiger partial charge < -0.3 is 9.84 Å². The quantitative estimate of drug-likeness (QED) is 0.657. The van der Waals surface area contributed by atoms with E-state index in [1.807, 2.05) is 17.5 Å². The average Bonchev–Trinajstić information content (AvgIpc) is 2.89. The third-order valence-corrected chi connectivity index (χ3v) is 3.61. The Morgan fingerprint density at radius 2 is 2.28 bits per heavy atom. The lowest BCUT2D eigenvalue weighted by Gasteiger charge is -2.20. The van der Waals surface area contributed by atoms with Gasteiger partial charge in [0.15, 0.2) is 5.78 Å². The van der Waals surface area contributed by atoms with Gasteiger partial charge in [0.1, 0.15) is 0 Å². The van der Waals surface area contributed by atoms with Crippen LogP contribution in [-0.2, 0) is 4.74 Å². The predicted molar refractivity (Wildman–Crippen MR) is 73.3 cm³/mol. The Morgan fingerprint density at radius 1 is 1.44 bits per heavy atom. The first-order chi connectivity index (χ1) is 8.77. The molecule has 1 aromatic heterocycles. The van der Waals surface area contributed by atoms with Crippen LogP contribution in [0.1, 0.15) is 22.5 Å². The molecule has 0 atom stereocenters. The normalized spacial score (nSPS) is 11.1. The molecule has 0 aliphatic heterocycles. The number of aliphatic hydroxyl groups excluding tert-OH is 1. The molecule has 0 amide bonds. The lowest BCUT2D eigenvalue weighted by atomic mass is 10.2. The van der Waals surface area contributed by atoms with Crippen molar-refractivity contribution in [2.75, 3.05) is 40.0 Å². The van der Waals surface area contributed by atoms with E-state index >= 15 is 0 Å². The van der Waals surface area contributed by atoms with Crippen LogP contribution in [0.4, 0.5) is 0 Å². The number of ketones is 1. The van der Waals surface area contributed by atoms with E-state index in [0.29, 0.717) is 19.6 Å². The predicted octanol–water partition coefficient (Wildman–Crippen LogP) is 1.65. The number of carbonyl (C=O) groups is 1. The number of carbonyl (C=O) groups excluding carboxylic acids is 1. The van der Waals surface area contributed by atoms with Crippen LogP contribution in [0.3, 0.4) is 0 Å². The zero-order valence-corrected chi connectivity index (χ0v) is 11.6. The number of nitrogens with zero attached hydrogens (tertiary/aromatic N) is 1. The van der Waals surface area contributed by atoms with Crippen LogP contribution in [-0.4, -0.2) is 55.7 Å². The van der Waals surface area contributed by atoms with Crippen molar-refractivity contribution < 1.29 is 14.6 Å². The summed E-state index contributed by atoms with van der Waals surface area (Å²) in [5.41, 5.74) is 0. The van der Waals surface area contributed by atoms with Gasteiger partial charge in [-0.2, -0.15) is 0 Å². The number of hydrogen-bond donors (Lipinski definition) is 1. The number of ether oxygens (including phenoxy) is 1. The van der Waals surface area contributed by atoms with Crippen molar-refractivity contribution in [2.24, 2.45) is 0 Å². The first-order valence-corrected chi connectivity index (χ1v) is 7.04. The summed E-state index contributed by atoms with van der Waals surface area (Å²) in [5, 5.41) is 10.9. The van der Waals surface area contributed by atoms with E-state index in [-0.39, 0.29) is 12.4 Å². The van der Waals surface area contributed by atoms with E-state index in [4.69, 9.17) is 9.84 Å². The largest absolute Gasteiger partial charge is 0.395 e. The SMILES string of the molecule is COCCN(CCO)CCCC(=O)c1cccs1. The third kappa shape index (κ3) is 5.73. The van der Waals surface area contributed by atoms with E-state index in [1.165, 1.54) is 11.3 Å². The lowest BCUT2D eigenvalue weighted by Crippen LogP contribution is -2.31. The van der Waals surface area contributed by atoms with Gasteiger partial charge in [0.2, 0.25) is 0 Å². The maximum atomic E-state index is 11.8. The molecule has 0 saturated heterocycles. The molecule has 1 rings (SSSR count). The summed E-state index contributed by atoms with van der Waals surface area (Å²) in [6.45, 7) is 3.04. The van der Waals surface area contributed by atoms with E-state index in [2.05, 4.69) is 4.90 Å². The summed E-state index contributed by atoms with van der Waals surface area (Å²) < 4.78 is 5.02. The molecule has 0 aliphatic rings. The molecule has 5 heteroatoms. The Morgan fingerprint density at radius 3 is 2.89 bits per heavy atom. The highest BCUT2D eigenvalue weighted by Crippen LogP contribution is 2.12. The summed E-state index contributed by atoms with van der Waals surface area (Å²) in [6, 6.07) is 3.76. The van der Waals surface area contributed by atoms with Gasteiger partial charge in [-0.15, -0.1) is 11.3 Å². The third-order valence-electron chi connectivity index (χ3n) is 2.70. The minimum absolute atomic E-state index is 0.141. The molecule has 1 heterocycles. The highest BCUT2D eigenvalue weighted by Gasteiger charge is 2.08. The van der Waals surface area contributed by atoms with Crippen LogP contribution in [0.15, 0.2) is 17.5 Å². The fraction of sp³-hybridized carbons (Fsp3) is 0.615. The minimum atomic E-state index is 0.141. The highest BCUT2D eigenvalue weighted by molar-refractivity contribution is 7.12. The molecule has 0 bridgehead atoms. The smallest absolute Gasteiger partial charge is 0.172 e. The number of thiophene rings is 1. The average molecular weight is 271 g/mol. The fourth-order valence-electron chi connectivity index (χ4n) is 1.72. The van der Waals surface area contributed by atoms with Crippen LogP contribution in [0.25, 0.3) is 0 Å². The van der Waals surface area contributed by atoms with Crippen molar-refractivity contribution in [3.63, 3.8) is 0 Å². The molecule has 0 fully saturated rings. The lowest BCUT2D eigenvalue weighted by molar-refractivity contribution is 0.0969. The molecule has 0 unspecified atom stereocenters. The molecule has 1 aromatic rings. The molecule has 0 spiro atoms. The molecule has 18 heavy (non-hydrogen) atoms. The van der Waals surface area contributed by atoms with Gasteiger partial charge >= 0.3 is 0 Å². The Kier molecular flexibility index (Phi) is 7.84. The highest BCUT2D eigenvalue weighted by atomic mass is 32.1. The van der Waals surface area contributed by atoms with E-state index in [1.54, 1.807) is 7.11 Å². The molecule has 0 saturated carbocycles. The number of rotatable bonds is 10. The number of Topliss-reactive ketones (excluding diaryl/α,β-unsaturated/α-hetero) is 1. The zero-order chi connectivity index (χ0) is 13.2. The van der Waals surface area contributed by atoms with Crippen molar-refractivity contribution in [2.45, 2.75) is 12.8 Å². The Bertz CT molecular complexity index is 327. The topological polar surface area (TPSA) is 49.8 Å². The van der Waals surface area contributed by atoms with Gasteiger partial charge in [-0.1, -0.05) is 6.07 Å². The van der Waals surface area contributed by atoms with Crippen LogP contribution in [0.5, 0.6) is 0 Å². The van der Waals surface area contributed by atoms with Gasteiger partial charge in [-0.25, -0.2) is 0 Å². The van der Waals surface area contributed by atoms with Crippen LogP contribution >= 0.6 is 11.3 Å². The van der Waals surface area contributed by atoms with Crippen LogP contribution in [0, 0.1) is 0 Å². The van der Waals surface area contributed by atoms with E-state index in [9.17, 15) is 4.79 Å². The van der Waals surface area contributed by atoms with Crippen molar-refractivity contribution in [1.29, 1.82) is 0 Å². The standard InChI is InChI=1S/C13H21NO3S/c1-17-10-8-14(7-9-15)6-2-4-12(16)13-5-3-11-18-13/h3,5,11,15H,2,4,6-10H2,1H3. The van der Waals surface area contributed by atoms with E-state index in [0.717, 1.165) is 24.4 Å². The molecule has 0 radical (unpaired) electrons. The van der Waals surface area contributed by atoms with Gasteiger partial charge in [0.05, 0.1) is 18.1 Å². The molecule has 4 nitrogen and oxygen atoms in total. The number of hydrogen-bond acceptors (Lipinski definition) is 5. The molecular formula is C13H21NO3S. The Hall–Kier alpha value is -0.750. The summed E-state index contributed by atoms with van der Waals surface area (Å²) in [4.78, 5) is 14.7. The summed E-state index contributed by atoms with van der Waals surface area (Å²) in [6.07, 6.45) is 1.38. The zero-order valence-electron chi connectivity index (χ0n) is 10.8. The first kappa shape index (κ1) is 15.3. The monoisotopic (exact) mass is 271 g/mol. The molecule has 102 valence electrons. The molecule has 1 N–H and O–H groups in total. The second kappa shape index (κ2) is 9.22. The number of methoxy groups -OCH3 is 1. The molecule has 0 aliphatic carbocycles. The second-order valence-corrected chi connectivity index (χ2v) is 5.01. The van der Waals surface area contributed by atoms with Gasteiger partial charge in [-0.3, -0.25) is 9.69 Å². The Labute approximate surface area is 112 Å². The van der Waals surface area contributed by atoms with Crippen molar-refractivity contribution in [1.82, 2.24) is 4.90 Å². The molecular weight excluding hydrogens is 250 g/mol. The van der Waals surface area contributed by atoms with Crippen LogP contribution in [0.2, 0.25) is 0 Å². The summed E-state index contributed by atoms with van der Waals surface area (Å²) in [5.74, 6) is 0.209. The maximum absolute atomic E-state index is 11.8. The minimum Gasteiger partial charge on any atom is -0.395 e. The first-order valence-electron chi connectivity index (χ1n) is 6.16. The second-order valence-electron chi connectivity index (χ2n) is 4.06. The van der Waals surface area contributed by atoms with Crippen molar-refractivity contribution in [3.8, 4) is 0 Å². The molecule has 0 aromatic carbocycles. The van der Waals surface area contributed by atoms with Crippen LogP contribution < -0.4 is 0 Å². The van der Waals surface area contributed by atoms with Gasteiger partial charge in [-0.05, 0) is 24.4 Å². The van der Waals surface area contributed by atoms with E-state index < -0.39 is 0 Å². The number of aliphatic hydroxyl groups is 1. The summed E-state index contributed by atoms with van der Waals surface area (Å²) >= 11 is 1.49.